The van der Waals surface area contributed by atoms with Crippen molar-refractivity contribution in [3.63, 3.8) is 0 Å². The van der Waals surface area contributed by atoms with Gasteiger partial charge in [0, 0.05) is 11.4 Å². The van der Waals surface area contributed by atoms with Gasteiger partial charge in [0.15, 0.2) is 0 Å². The first kappa shape index (κ1) is 15.0. The summed E-state index contributed by atoms with van der Waals surface area (Å²) in [7, 11) is 0. The standard InChI is InChI=1S/C14H20ClNO2/c1-3-13(11-5-4-6-12(15)9-11)16-14(18)8-7-10(2)17/h4-6,9-10,13,17H,3,7-8H2,1-2H3,(H,16,18). The Morgan fingerprint density at radius 1 is 1.50 bits per heavy atom. The maximum atomic E-state index is 11.7. The number of amides is 1. The molecule has 0 aromatic heterocycles. The predicted molar refractivity (Wildman–Crippen MR) is 73.5 cm³/mol. The van der Waals surface area contributed by atoms with Crippen LogP contribution in [0.1, 0.15) is 44.7 Å². The molecule has 100 valence electrons. The monoisotopic (exact) mass is 269 g/mol. The Kier molecular flexibility index (Phi) is 6.16. The molecule has 1 aromatic rings. The molecule has 2 unspecified atom stereocenters. The highest BCUT2D eigenvalue weighted by Crippen LogP contribution is 2.20. The smallest absolute Gasteiger partial charge is 0.220 e. The quantitative estimate of drug-likeness (QED) is 0.834. The van der Waals surface area contributed by atoms with Crippen molar-refractivity contribution in [2.75, 3.05) is 0 Å². The van der Waals surface area contributed by atoms with Crippen molar-refractivity contribution in [3.8, 4) is 0 Å². The summed E-state index contributed by atoms with van der Waals surface area (Å²) in [6.45, 7) is 3.70. The fraction of sp³-hybridized carbons (Fsp3) is 0.500. The van der Waals surface area contributed by atoms with Crippen LogP contribution >= 0.6 is 11.6 Å². The lowest BCUT2D eigenvalue weighted by Crippen LogP contribution is -2.28. The Morgan fingerprint density at radius 2 is 2.22 bits per heavy atom. The van der Waals surface area contributed by atoms with E-state index in [-0.39, 0.29) is 11.9 Å². The number of hydrogen-bond acceptors (Lipinski definition) is 2. The molecule has 0 radical (unpaired) electrons. The zero-order chi connectivity index (χ0) is 13.5. The van der Waals surface area contributed by atoms with Crippen molar-refractivity contribution in [2.24, 2.45) is 0 Å². The van der Waals surface area contributed by atoms with Gasteiger partial charge in [0.1, 0.15) is 0 Å². The van der Waals surface area contributed by atoms with Crippen LogP contribution in [0.25, 0.3) is 0 Å². The molecule has 4 heteroatoms. The molecule has 0 fully saturated rings. The van der Waals surface area contributed by atoms with Gasteiger partial charge in [-0.2, -0.15) is 0 Å². The summed E-state index contributed by atoms with van der Waals surface area (Å²) in [6, 6.07) is 7.49. The van der Waals surface area contributed by atoms with E-state index in [9.17, 15) is 4.79 Å². The molecule has 0 bridgehead atoms. The number of hydrogen-bond donors (Lipinski definition) is 2. The lowest BCUT2D eigenvalue weighted by Gasteiger charge is -2.18. The topological polar surface area (TPSA) is 49.3 Å². The molecule has 18 heavy (non-hydrogen) atoms. The van der Waals surface area contributed by atoms with E-state index in [0.717, 1.165) is 12.0 Å². The molecule has 0 saturated carbocycles. The summed E-state index contributed by atoms with van der Waals surface area (Å²) in [5.41, 5.74) is 1.01. The Morgan fingerprint density at radius 3 is 2.78 bits per heavy atom. The van der Waals surface area contributed by atoms with Gasteiger partial charge in [-0.05, 0) is 37.5 Å². The molecule has 1 rings (SSSR count). The van der Waals surface area contributed by atoms with Crippen molar-refractivity contribution in [1.29, 1.82) is 0 Å². The second-order valence-corrected chi connectivity index (χ2v) is 4.91. The van der Waals surface area contributed by atoms with E-state index < -0.39 is 6.10 Å². The molecule has 0 aliphatic rings. The van der Waals surface area contributed by atoms with Gasteiger partial charge >= 0.3 is 0 Å². The molecule has 3 nitrogen and oxygen atoms in total. The maximum absolute atomic E-state index is 11.7. The summed E-state index contributed by atoms with van der Waals surface area (Å²) < 4.78 is 0. The van der Waals surface area contributed by atoms with E-state index in [1.807, 2.05) is 31.2 Å². The van der Waals surface area contributed by atoms with Crippen molar-refractivity contribution in [2.45, 2.75) is 45.3 Å². The first-order valence-corrected chi connectivity index (χ1v) is 6.63. The molecule has 0 saturated heterocycles. The molecular formula is C14H20ClNO2. The van der Waals surface area contributed by atoms with Crippen molar-refractivity contribution in [3.05, 3.63) is 34.9 Å². The third kappa shape index (κ3) is 5.07. The first-order valence-electron chi connectivity index (χ1n) is 6.25. The van der Waals surface area contributed by atoms with Crippen LogP contribution in [0.4, 0.5) is 0 Å². The zero-order valence-electron chi connectivity index (χ0n) is 10.8. The van der Waals surface area contributed by atoms with Gasteiger partial charge in [-0.25, -0.2) is 0 Å². The average Bonchev–Trinajstić information content (AvgIpc) is 2.33. The Labute approximate surface area is 113 Å². The van der Waals surface area contributed by atoms with Crippen molar-refractivity contribution >= 4 is 17.5 Å². The summed E-state index contributed by atoms with van der Waals surface area (Å²) in [5.74, 6) is -0.0391. The summed E-state index contributed by atoms with van der Waals surface area (Å²) in [4.78, 5) is 11.7. The van der Waals surface area contributed by atoms with Gasteiger partial charge in [0.2, 0.25) is 5.91 Å². The minimum atomic E-state index is -0.443. The van der Waals surface area contributed by atoms with E-state index >= 15 is 0 Å². The van der Waals surface area contributed by atoms with E-state index in [1.54, 1.807) is 6.92 Å². The molecule has 1 aromatic carbocycles. The molecule has 1 amide bonds. The molecule has 2 N–H and O–H groups in total. The molecule has 0 heterocycles. The third-order valence-corrected chi connectivity index (χ3v) is 3.02. The van der Waals surface area contributed by atoms with Crippen LogP contribution in [0.3, 0.4) is 0 Å². The second-order valence-electron chi connectivity index (χ2n) is 4.47. The average molecular weight is 270 g/mol. The van der Waals surface area contributed by atoms with Gasteiger partial charge in [-0.3, -0.25) is 4.79 Å². The Bertz CT molecular complexity index is 393. The normalized spacial score (nSPS) is 14.0. The predicted octanol–water partition coefficient (Wildman–Crippen LogP) is 3.07. The first-order chi connectivity index (χ1) is 8.52. The number of halogens is 1. The number of rotatable bonds is 6. The molecule has 0 aliphatic heterocycles. The molecular weight excluding hydrogens is 250 g/mol. The van der Waals surface area contributed by atoms with Crippen LogP contribution in [0, 0.1) is 0 Å². The number of aliphatic hydroxyl groups excluding tert-OH is 1. The summed E-state index contributed by atoms with van der Waals surface area (Å²) >= 11 is 5.94. The lowest BCUT2D eigenvalue weighted by molar-refractivity contribution is -0.122. The maximum Gasteiger partial charge on any atom is 0.220 e. The van der Waals surface area contributed by atoms with Crippen LogP contribution in [-0.4, -0.2) is 17.1 Å². The molecule has 0 spiro atoms. The van der Waals surface area contributed by atoms with Gasteiger partial charge in [0.25, 0.3) is 0 Å². The van der Waals surface area contributed by atoms with E-state index in [0.29, 0.717) is 17.9 Å². The van der Waals surface area contributed by atoms with Crippen LogP contribution in [0.15, 0.2) is 24.3 Å². The minimum Gasteiger partial charge on any atom is -0.393 e. The van der Waals surface area contributed by atoms with Crippen LogP contribution in [0.2, 0.25) is 5.02 Å². The Hall–Kier alpha value is -1.06. The molecule has 2 atom stereocenters. The number of benzene rings is 1. The Balaban J connectivity index is 2.59. The van der Waals surface area contributed by atoms with Crippen molar-refractivity contribution < 1.29 is 9.90 Å². The highest BCUT2D eigenvalue weighted by Gasteiger charge is 2.13. The lowest BCUT2D eigenvalue weighted by atomic mass is 10.0. The number of carbonyl (C=O) groups is 1. The summed E-state index contributed by atoms with van der Waals surface area (Å²) in [5, 5.41) is 12.8. The van der Waals surface area contributed by atoms with Gasteiger partial charge in [-0.1, -0.05) is 30.7 Å². The van der Waals surface area contributed by atoms with E-state index in [2.05, 4.69) is 5.32 Å². The van der Waals surface area contributed by atoms with Gasteiger partial charge in [-0.15, -0.1) is 0 Å². The zero-order valence-corrected chi connectivity index (χ0v) is 11.6. The summed E-state index contributed by atoms with van der Waals surface area (Å²) in [6.07, 6.45) is 1.19. The second kappa shape index (κ2) is 7.39. The SMILES string of the molecule is CCC(NC(=O)CCC(C)O)c1cccc(Cl)c1. The number of nitrogens with one attached hydrogen (secondary N) is 1. The van der Waals surface area contributed by atoms with Crippen molar-refractivity contribution in [1.82, 2.24) is 5.32 Å². The third-order valence-electron chi connectivity index (χ3n) is 2.78. The minimum absolute atomic E-state index is 0.0230. The fourth-order valence-electron chi connectivity index (χ4n) is 1.75. The van der Waals surface area contributed by atoms with Crippen LogP contribution in [0.5, 0.6) is 0 Å². The van der Waals surface area contributed by atoms with E-state index in [4.69, 9.17) is 16.7 Å². The number of aliphatic hydroxyl groups is 1. The van der Waals surface area contributed by atoms with Gasteiger partial charge < -0.3 is 10.4 Å². The van der Waals surface area contributed by atoms with Crippen LogP contribution < -0.4 is 5.32 Å². The highest BCUT2D eigenvalue weighted by atomic mass is 35.5. The highest BCUT2D eigenvalue weighted by molar-refractivity contribution is 6.30. The number of carbonyl (C=O) groups excluding carboxylic acids is 1. The van der Waals surface area contributed by atoms with Crippen LogP contribution in [-0.2, 0) is 4.79 Å². The fourth-order valence-corrected chi connectivity index (χ4v) is 1.95. The molecule has 0 aliphatic carbocycles. The van der Waals surface area contributed by atoms with Gasteiger partial charge in [0.05, 0.1) is 12.1 Å². The largest absolute Gasteiger partial charge is 0.393 e. The van der Waals surface area contributed by atoms with E-state index in [1.165, 1.54) is 0 Å².